The first-order valence-corrected chi connectivity index (χ1v) is 3.64. The molecule has 0 heterocycles. The number of rotatable bonds is 5. The highest BCUT2D eigenvalue weighted by Gasteiger charge is 1.77. The van der Waals surface area contributed by atoms with Crippen molar-refractivity contribution in [1.29, 1.82) is 0 Å². The number of ether oxygens (including phenoxy) is 1. The van der Waals surface area contributed by atoms with Crippen molar-refractivity contribution in [2.75, 3.05) is 13.2 Å². The van der Waals surface area contributed by atoms with E-state index < -0.39 is 0 Å². The second kappa shape index (κ2) is 7.70. The van der Waals surface area contributed by atoms with E-state index in [1.54, 1.807) is 0 Å². The summed E-state index contributed by atoms with van der Waals surface area (Å²) in [5.41, 5.74) is 0. The maximum atomic E-state index is 5.13. The molecule has 1 heteroatoms. The molecule has 0 rings (SSSR count). The molecule has 0 aliphatic heterocycles. The van der Waals surface area contributed by atoms with Crippen LogP contribution in [0.25, 0.3) is 0 Å². The molecule has 0 aromatic heterocycles. The highest BCUT2D eigenvalue weighted by Crippen LogP contribution is 1.86. The Morgan fingerprint density at radius 2 is 2.00 bits per heavy atom. The average Bonchev–Trinajstić information content (AvgIpc) is 1.89. The molecule has 0 unspecified atom stereocenters. The van der Waals surface area contributed by atoms with Gasteiger partial charge in [-0.25, -0.2) is 0 Å². The van der Waals surface area contributed by atoms with Crippen LogP contribution in [0.5, 0.6) is 0 Å². The zero-order valence-corrected chi connectivity index (χ0v) is 6.39. The molecule has 0 N–H and O–H groups in total. The molecule has 9 heavy (non-hydrogen) atoms. The summed E-state index contributed by atoms with van der Waals surface area (Å²) in [6.45, 7) is 5.85. The van der Waals surface area contributed by atoms with Gasteiger partial charge in [-0.1, -0.05) is 19.1 Å². The van der Waals surface area contributed by atoms with Crippen molar-refractivity contribution >= 4 is 0 Å². The minimum Gasteiger partial charge on any atom is -0.381 e. The molecule has 0 saturated carbocycles. The Kier molecular flexibility index (Phi) is 7.44. The predicted octanol–water partition coefficient (Wildman–Crippen LogP) is 2.38. The van der Waals surface area contributed by atoms with Crippen LogP contribution < -0.4 is 0 Å². The van der Waals surface area contributed by atoms with Crippen LogP contribution in [0.2, 0.25) is 0 Å². The third-order valence-corrected chi connectivity index (χ3v) is 1.04. The van der Waals surface area contributed by atoms with Crippen LogP contribution in [0.3, 0.4) is 0 Å². The smallest absolute Gasteiger partial charge is 0.0500 e. The number of allylic oxidation sites excluding steroid dienone is 1. The molecule has 0 aliphatic rings. The van der Waals surface area contributed by atoms with Crippen LogP contribution in [0.15, 0.2) is 12.2 Å². The first-order chi connectivity index (χ1) is 4.41. The fourth-order valence-electron chi connectivity index (χ4n) is 0.580. The summed E-state index contributed by atoms with van der Waals surface area (Å²) in [7, 11) is 0. The van der Waals surface area contributed by atoms with Crippen molar-refractivity contribution in [2.24, 2.45) is 0 Å². The van der Waals surface area contributed by atoms with Crippen LogP contribution >= 0.6 is 0 Å². The molecule has 0 spiro atoms. The fourth-order valence-corrected chi connectivity index (χ4v) is 0.580. The van der Waals surface area contributed by atoms with Crippen molar-refractivity contribution in [3.05, 3.63) is 12.2 Å². The van der Waals surface area contributed by atoms with Crippen LogP contribution in [0, 0.1) is 0 Å². The summed E-state index contributed by atoms with van der Waals surface area (Å²) in [6, 6.07) is 0. The first kappa shape index (κ1) is 8.70. The van der Waals surface area contributed by atoms with Crippen LogP contribution in [0.4, 0.5) is 0 Å². The van der Waals surface area contributed by atoms with Gasteiger partial charge in [-0.2, -0.15) is 0 Å². The molecule has 0 fully saturated rings. The lowest BCUT2D eigenvalue weighted by Crippen LogP contribution is -1.90. The Morgan fingerprint density at radius 3 is 2.56 bits per heavy atom. The Morgan fingerprint density at radius 1 is 1.22 bits per heavy atom. The molecule has 0 aromatic carbocycles. The van der Waals surface area contributed by atoms with Gasteiger partial charge in [0, 0.05) is 13.2 Å². The topological polar surface area (TPSA) is 9.23 Å². The summed E-state index contributed by atoms with van der Waals surface area (Å²) in [5.74, 6) is 0. The predicted molar refractivity (Wildman–Crippen MR) is 40.5 cm³/mol. The van der Waals surface area contributed by atoms with Gasteiger partial charge in [-0.05, 0) is 19.8 Å². The highest BCUT2D eigenvalue weighted by atomic mass is 16.5. The largest absolute Gasteiger partial charge is 0.381 e. The van der Waals surface area contributed by atoms with Gasteiger partial charge in [0.25, 0.3) is 0 Å². The van der Waals surface area contributed by atoms with E-state index in [0.29, 0.717) is 0 Å². The van der Waals surface area contributed by atoms with E-state index in [9.17, 15) is 0 Å². The SMILES string of the molecule is CC/C=C\CCOCC. The zero-order valence-electron chi connectivity index (χ0n) is 6.39. The summed E-state index contributed by atoms with van der Waals surface area (Å²) < 4.78 is 5.13. The third-order valence-electron chi connectivity index (χ3n) is 1.04. The second-order valence-corrected chi connectivity index (χ2v) is 1.87. The van der Waals surface area contributed by atoms with Gasteiger partial charge in [0.2, 0.25) is 0 Å². The van der Waals surface area contributed by atoms with E-state index in [1.807, 2.05) is 6.92 Å². The average molecular weight is 128 g/mol. The summed E-state index contributed by atoms with van der Waals surface area (Å²) >= 11 is 0. The number of hydrogen-bond donors (Lipinski definition) is 0. The molecule has 1 nitrogen and oxygen atoms in total. The lowest BCUT2D eigenvalue weighted by molar-refractivity contribution is 0.152. The molecule has 0 atom stereocenters. The molecule has 0 aliphatic carbocycles. The second-order valence-electron chi connectivity index (χ2n) is 1.87. The quantitative estimate of drug-likeness (QED) is 0.408. The molecule has 0 aromatic rings. The molecule has 0 bridgehead atoms. The normalized spacial score (nSPS) is 10.9. The van der Waals surface area contributed by atoms with E-state index in [0.717, 1.165) is 26.1 Å². The van der Waals surface area contributed by atoms with E-state index in [-0.39, 0.29) is 0 Å². The lowest BCUT2D eigenvalue weighted by Gasteiger charge is -1.93. The van der Waals surface area contributed by atoms with Gasteiger partial charge in [0.15, 0.2) is 0 Å². The molecule has 54 valence electrons. The maximum Gasteiger partial charge on any atom is 0.0500 e. The Balaban J connectivity index is 2.82. The van der Waals surface area contributed by atoms with Gasteiger partial charge in [0.05, 0.1) is 0 Å². The molecule has 0 saturated heterocycles. The molecular formula is C8H16O. The minimum absolute atomic E-state index is 0.833. The van der Waals surface area contributed by atoms with Crippen molar-refractivity contribution in [3.8, 4) is 0 Å². The highest BCUT2D eigenvalue weighted by molar-refractivity contribution is 4.79. The standard InChI is InChI=1S/C8H16O/c1-3-5-6-7-8-9-4-2/h5-6H,3-4,7-8H2,1-2H3/b6-5-. The van der Waals surface area contributed by atoms with Gasteiger partial charge in [-0.3, -0.25) is 0 Å². The first-order valence-electron chi connectivity index (χ1n) is 3.64. The molecular weight excluding hydrogens is 112 g/mol. The Bertz CT molecular complexity index is 67.0. The zero-order chi connectivity index (χ0) is 6.95. The lowest BCUT2D eigenvalue weighted by atomic mass is 10.3. The monoisotopic (exact) mass is 128 g/mol. The van der Waals surface area contributed by atoms with E-state index in [4.69, 9.17) is 4.74 Å². The Labute approximate surface area is 57.7 Å². The summed E-state index contributed by atoms with van der Waals surface area (Å²) in [4.78, 5) is 0. The van der Waals surface area contributed by atoms with Crippen LogP contribution in [-0.2, 0) is 4.74 Å². The van der Waals surface area contributed by atoms with Gasteiger partial charge >= 0.3 is 0 Å². The molecule has 0 radical (unpaired) electrons. The summed E-state index contributed by atoms with van der Waals surface area (Å²) in [5, 5.41) is 0. The van der Waals surface area contributed by atoms with E-state index >= 15 is 0 Å². The van der Waals surface area contributed by atoms with Crippen LogP contribution in [0.1, 0.15) is 26.7 Å². The number of hydrogen-bond acceptors (Lipinski definition) is 1. The maximum absolute atomic E-state index is 5.13. The minimum atomic E-state index is 0.833. The van der Waals surface area contributed by atoms with Crippen molar-refractivity contribution < 1.29 is 4.74 Å². The van der Waals surface area contributed by atoms with E-state index in [1.165, 1.54) is 0 Å². The van der Waals surface area contributed by atoms with Crippen molar-refractivity contribution in [3.63, 3.8) is 0 Å². The summed E-state index contributed by atoms with van der Waals surface area (Å²) in [6.07, 6.45) is 6.52. The van der Waals surface area contributed by atoms with E-state index in [2.05, 4.69) is 19.1 Å². The fraction of sp³-hybridized carbons (Fsp3) is 0.750. The van der Waals surface area contributed by atoms with Crippen LogP contribution in [-0.4, -0.2) is 13.2 Å². The Hall–Kier alpha value is -0.300. The third kappa shape index (κ3) is 7.70. The van der Waals surface area contributed by atoms with Crippen molar-refractivity contribution in [2.45, 2.75) is 26.7 Å². The molecule has 0 amide bonds. The van der Waals surface area contributed by atoms with Gasteiger partial charge in [-0.15, -0.1) is 0 Å². The van der Waals surface area contributed by atoms with Gasteiger partial charge < -0.3 is 4.74 Å². The van der Waals surface area contributed by atoms with Crippen molar-refractivity contribution in [1.82, 2.24) is 0 Å². The van der Waals surface area contributed by atoms with Gasteiger partial charge in [0.1, 0.15) is 0 Å².